The van der Waals surface area contributed by atoms with E-state index in [1.54, 1.807) is 0 Å². The summed E-state index contributed by atoms with van der Waals surface area (Å²) in [4.78, 5) is 9.98. The van der Waals surface area contributed by atoms with Crippen molar-refractivity contribution in [3.05, 3.63) is 34.1 Å². The highest BCUT2D eigenvalue weighted by Crippen LogP contribution is 2.26. The van der Waals surface area contributed by atoms with Crippen LogP contribution in [0.4, 0.5) is 15.8 Å². The van der Waals surface area contributed by atoms with Crippen LogP contribution >= 0.6 is 0 Å². The normalized spacial score (nSPS) is 23.6. The molecule has 1 aliphatic rings. The van der Waals surface area contributed by atoms with Crippen molar-refractivity contribution in [3.8, 4) is 0 Å². The van der Waals surface area contributed by atoms with Gasteiger partial charge in [0.1, 0.15) is 5.82 Å². The maximum atomic E-state index is 13.3. The number of hydrogen-bond donors (Lipinski definition) is 2. The highest BCUT2D eigenvalue weighted by molar-refractivity contribution is 5.53. The van der Waals surface area contributed by atoms with Crippen molar-refractivity contribution in [1.82, 2.24) is 0 Å². The van der Waals surface area contributed by atoms with Gasteiger partial charge in [0.05, 0.1) is 10.6 Å². The number of benzene rings is 1. The predicted octanol–water partition coefficient (Wildman–Crippen LogP) is 1.64. The summed E-state index contributed by atoms with van der Waals surface area (Å²) in [6.45, 7) is 0. The van der Waals surface area contributed by atoms with Crippen LogP contribution in [-0.4, -0.2) is 17.0 Å². The highest BCUT2D eigenvalue weighted by atomic mass is 19.1. The fraction of sp³-hybridized carbons (Fsp3) is 0.400. The second-order valence-corrected chi connectivity index (χ2v) is 3.99. The number of rotatable bonds is 3. The molecule has 1 aromatic rings. The van der Waals surface area contributed by atoms with E-state index >= 15 is 0 Å². The summed E-state index contributed by atoms with van der Waals surface area (Å²) in [5.74, 6) is -0.480. The molecule has 0 aliphatic heterocycles. The van der Waals surface area contributed by atoms with Crippen molar-refractivity contribution in [1.29, 1.82) is 0 Å². The average Bonchev–Trinajstić information content (AvgIpc) is 2.18. The predicted molar refractivity (Wildman–Crippen MR) is 57.7 cm³/mol. The molecule has 6 heteroatoms. The van der Waals surface area contributed by atoms with Gasteiger partial charge in [-0.25, -0.2) is 4.39 Å². The number of nitrogens with two attached hydrogens (primary N) is 1. The molecule has 5 nitrogen and oxygen atoms in total. The molecule has 0 unspecified atom stereocenters. The molecule has 2 rings (SSSR count). The molecule has 86 valence electrons. The largest absolute Gasteiger partial charge is 0.380 e. The molecule has 1 aromatic carbocycles. The van der Waals surface area contributed by atoms with Gasteiger partial charge in [-0.15, -0.1) is 0 Å². The smallest absolute Gasteiger partial charge is 0.271 e. The molecule has 1 aliphatic carbocycles. The first-order chi connectivity index (χ1) is 7.56. The summed E-state index contributed by atoms with van der Waals surface area (Å²) in [6.07, 6.45) is 1.53. The zero-order valence-corrected chi connectivity index (χ0v) is 8.52. The third-order valence-corrected chi connectivity index (χ3v) is 2.69. The first-order valence-corrected chi connectivity index (χ1v) is 5.02. The van der Waals surface area contributed by atoms with E-state index in [4.69, 9.17) is 5.73 Å². The molecule has 0 aromatic heterocycles. The molecular weight excluding hydrogens is 213 g/mol. The van der Waals surface area contributed by atoms with Gasteiger partial charge < -0.3 is 11.1 Å². The lowest BCUT2D eigenvalue weighted by Crippen LogP contribution is -2.44. The van der Waals surface area contributed by atoms with Crippen LogP contribution in [0.15, 0.2) is 18.2 Å². The van der Waals surface area contributed by atoms with Gasteiger partial charge in [-0.05, 0) is 18.9 Å². The number of nitrogens with zero attached hydrogens (tertiary/aromatic N) is 1. The van der Waals surface area contributed by atoms with Crippen LogP contribution in [-0.2, 0) is 0 Å². The lowest BCUT2D eigenvalue weighted by molar-refractivity contribution is -0.384. The highest BCUT2D eigenvalue weighted by Gasteiger charge is 2.26. The first kappa shape index (κ1) is 10.8. The van der Waals surface area contributed by atoms with E-state index in [1.807, 2.05) is 0 Å². The average molecular weight is 225 g/mol. The van der Waals surface area contributed by atoms with Gasteiger partial charge >= 0.3 is 0 Å². The molecule has 0 heterocycles. The molecule has 0 saturated heterocycles. The number of non-ortho nitro benzene ring substituents is 1. The maximum Gasteiger partial charge on any atom is 0.271 e. The standard InChI is InChI=1S/C10H12FN3O2/c11-9-2-1-8(14(15)16)5-10(9)13-7-3-6(12)4-7/h1-2,5-7,13H,3-4,12H2. The van der Waals surface area contributed by atoms with Crippen LogP contribution in [0, 0.1) is 15.9 Å². The minimum absolute atomic E-state index is 0.117. The van der Waals surface area contributed by atoms with Crippen molar-refractivity contribution in [2.45, 2.75) is 24.9 Å². The van der Waals surface area contributed by atoms with Crippen LogP contribution in [0.5, 0.6) is 0 Å². The van der Waals surface area contributed by atoms with Crippen molar-refractivity contribution in [2.24, 2.45) is 5.73 Å². The lowest BCUT2D eigenvalue weighted by Gasteiger charge is -2.33. The van der Waals surface area contributed by atoms with E-state index in [1.165, 1.54) is 6.07 Å². The van der Waals surface area contributed by atoms with Crippen molar-refractivity contribution < 1.29 is 9.31 Å². The van der Waals surface area contributed by atoms with Gasteiger partial charge in [-0.3, -0.25) is 10.1 Å². The van der Waals surface area contributed by atoms with Gasteiger partial charge in [-0.2, -0.15) is 0 Å². The number of anilines is 1. The van der Waals surface area contributed by atoms with Crippen LogP contribution in [0.25, 0.3) is 0 Å². The van der Waals surface area contributed by atoms with Crippen LogP contribution in [0.3, 0.4) is 0 Å². The quantitative estimate of drug-likeness (QED) is 0.605. The Morgan fingerprint density at radius 2 is 2.19 bits per heavy atom. The van der Waals surface area contributed by atoms with E-state index in [-0.39, 0.29) is 23.5 Å². The zero-order chi connectivity index (χ0) is 11.7. The number of nitrogens with one attached hydrogen (secondary N) is 1. The maximum absolute atomic E-state index is 13.3. The summed E-state index contributed by atoms with van der Waals surface area (Å²) in [7, 11) is 0. The molecule has 1 fully saturated rings. The molecule has 0 radical (unpaired) electrons. The molecule has 0 bridgehead atoms. The molecule has 0 amide bonds. The molecule has 0 atom stereocenters. The monoisotopic (exact) mass is 225 g/mol. The lowest BCUT2D eigenvalue weighted by atomic mass is 9.87. The third kappa shape index (κ3) is 2.11. The Morgan fingerprint density at radius 1 is 1.50 bits per heavy atom. The SMILES string of the molecule is NC1CC(Nc2cc([N+](=O)[O-])ccc2F)C1. The summed E-state index contributed by atoms with van der Waals surface area (Å²) in [6, 6.07) is 3.72. The van der Waals surface area contributed by atoms with E-state index < -0.39 is 10.7 Å². The van der Waals surface area contributed by atoms with Crippen molar-refractivity contribution in [3.63, 3.8) is 0 Å². The minimum Gasteiger partial charge on any atom is -0.380 e. The third-order valence-electron chi connectivity index (χ3n) is 2.69. The second kappa shape index (κ2) is 4.05. The Morgan fingerprint density at radius 3 is 2.75 bits per heavy atom. The fourth-order valence-electron chi connectivity index (χ4n) is 1.74. The summed E-state index contributed by atoms with van der Waals surface area (Å²) < 4.78 is 13.3. The Bertz CT molecular complexity index is 419. The van der Waals surface area contributed by atoms with E-state index in [0.29, 0.717) is 0 Å². The van der Waals surface area contributed by atoms with Crippen molar-refractivity contribution >= 4 is 11.4 Å². The Kier molecular flexibility index (Phi) is 2.74. The minimum atomic E-state index is -0.545. The second-order valence-electron chi connectivity index (χ2n) is 3.99. The summed E-state index contributed by atoms with van der Waals surface area (Å²) >= 11 is 0. The number of nitro benzene ring substituents is 1. The summed E-state index contributed by atoms with van der Waals surface area (Å²) in [5, 5.41) is 13.4. The van der Waals surface area contributed by atoms with Gasteiger partial charge in [0.15, 0.2) is 0 Å². The van der Waals surface area contributed by atoms with Crippen molar-refractivity contribution in [2.75, 3.05) is 5.32 Å². The van der Waals surface area contributed by atoms with Gasteiger partial charge in [-0.1, -0.05) is 0 Å². The van der Waals surface area contributed by atoms with Crippen LogP contribution in [0.1, 0.15) is 12.8 Å². The number of hydrogen-bond acceptors (Lipinski definition) is 4. The molecule has 0 spiro atoms. The molecule has 16 heavy (non-hydrogen) atoms. The molecular formula is C10H12FN3O2. The van der Waals surface area contributed by atoms with E-state index in [0.717, 1.165) is 25.0 Å². The van der Waals surface area contributed by atoms with Gasteiger partial charge in [0.2, 0.25) is 0 Å². The first-order valence-electron chi connectivity index (χ1n) is 5.02. The number of halogens is 1. The van der Waals surface area contributed by atoms with Crippen LogP contribution in [0.2, 0.25) is 0 Å². The van der Waals surface area contributed by atoms with Gasteiger partial charge in [0, 0.05) is 24.2 Å². The fourth-order valence-corrected chi connectivity index (χ4v) is 1.74. The van der Waals surface area contributed by atoms with Gasteiger partial charge in [0.25, 0.3) is 5.69 Å². The van der Waals surface area contributed by atoms with E-state index in [9.17, 15) is 14.5 Å². The van der Waals surface area contributed by atoms with E-state index in [2.05, 4.69) is 5.32 Å². The zero-order valence-electron chi connectivity index (χ0n) is 8.52. The topological polar surface area (TPSA) is 81.2 Å². The Balaban J connectivity index is 2.12. The molecule has 3 N–H and O–H groups in total. The Hall–Kier alpha value is -1.69. The Labute approximate surface area is 91.6 Å². The summed E-state index contributed by atoms with van der Waals surface area (Å²) in [5.41, 5.74) is 5.65. The molecule has 1 saturated carbocycles. The number of nitro groups is 1. The van der Waals surface area contributed by atoms with Crippen LogP contribution < -0.4 is 11.1 Å².